The fourth-order valence-corrected chi connectivity index (χ4v) is 11.0. The minimum absolute atomic E-state index is 0.322. The Kier molecular flexibility index (Phi) is 14.9. The van der Waals surface area contributed by atoms with Crippen molar-refractivity contribution in [1.29, 1.82) is 0 Å². The molecular weight excluding hydrogens is 1000 g/mol. The highest BCUT2D eigenvalue weighted by Crippen LogP contribution is 2.43. The van der Waals surface area contributed by atoms with Crippen LogP contribution in [0.4, 0.5) is 0 Å². The molecular formula is C78H56O4. The number of benzene rings is 15. The van der Waals surface area contributed by atoms with Gasteiger partial charge in [-0.3, -0.25) is 0 Å². The van der Waals surface area contributed by atoms with Crippen LogP contribution in [0.1, 0.15) is 0 Å². The Labute approximate surface area is 476 Å². The topological polar surface area (TPSA) is 80.9 Å². The highest BCUT2D eigenvalue weighted by Gasteiger charge is 2.15. The number of hydrogen-bond donors (Lipinski definition) is 4. The predicted molar refractivity (Wildman–Crippen MR) is 345 cm³/mol. The van der Waals surface area contributed by atoms with Crippen LogP contribution >= 0.6 is 0 Å². The average molecular weight is 1060 g/mol. The van der Waals surface area contributed by atoms with Crippen molar-refractivity contribution in [2.45, 2.75) is 0 Å². The standard InChI is InChI=1S/C26H18O.C20H14O.2C16H12O/c27-26-24(22-14-5-10-18-8-1-3-12-20(18)22)16-7-17-25(26)23-15-6-11-19-9-2-4-13-21(19)23;21-20-18(14-6-2-1-3-7-14)11-10-17-12-15-8-4-5-9-16(15)13-19(17)20;17-16-11-4-3-9-15(16)14-10-5-7-12-6-1-2-8-13(12)14;17-16-8-4-3-7-15(16)14-10-9-12-5-1-2-6-13(12)11-14/h1-17,27H;1-13,21H;2*1-11,17H. The normalized spacial score (nSPS) is 10.9. The number of phenolic OH excluding ortho intramolecular Hbond substituents is 4. The van der Waals surface area contributed by atoms with E-state index in [9.17, 15) is 20.4 Å². The van der Waals surface area contributed by atoms with Crippen molar-refractivity contribution in [2.75, 3.05) is 0 Å². The zero-order valence-corrected chi connectivity index (χ0v) is 44.8. The van der Waals surface area contributed by atoms with Crippen molar-refractivity contribution in [1.82, 2.24) is 0 Å². The number of aromatic hydroxyl groups is 4. The minimum Gasteiger partial charge on any atom is -0.507 e. The summed E-state index contributed by atoms with van der Waals surface area (Å²) in [7, 11) is 0. The molecule has 0 saturated carbocycles. The molecule has 4 heteroatoms. The molecule has 0 radical (unpaired) electrons. The van der Waals surface area contributed by atoms with Crippen LogP contribution in [-0.2, 0) is 0 Å². The summed E-state index contributed by atoms with van der Waals surface area (Å²) in [5.74, 6) is 1.32. The first-order valence-corrected chi connectivity index (χ1v) is 27.4. The van der Waals surface area contributed by atoms with Crippen LogP contribution in [-0.4, -0.2) is 20.4 Å². The van der Waals surface area contributed by atoms with Gasteiger partial charge in [0.05, 0.1) is 0 Å². The molecule has 0 spiro atoms. The predicted octanol–water partition coefficient (Wildman–Crippen LogP) is 20.8. The Bertz CT molecular complexity index is 4640. The van der Waals surface area contributed by atoms with Crippen LogP contribution in [0.3, 0.4) is 0 Å². The Hall–Kier alpha value is -10.9. The Balaban J connectivity index is 0.000000110. The van der Waals surface area contributed by atoms with Gasteiger partial charge in [-0.1, -0.05) is 285 Å². The van der Waals surface area contributed by atoms with Crippen LogP contribution in [0, 0.1) is 0 Å². The maximum Gasteiger partial charge on any atom is 0.131 e. The van der Waals surface area contributed by atoms with Gasteiger partial charge in [0.2, 0.25) is 0 Å². The summed E-state index contributed by atoms with van der Waals surface area (Å²) in [6.07, 6.45) is 0. The van der Waals surface area contributed by atoms with Crippen LogP contribution in [0.5, 0.6) is 23.0 Å². The number of fused-ring (bicyclic) bond motifs is 6. The lowest BCUT2D eigenvalue weighted by Crippen LogP contribution is -1.87. The molecule has 0 bridgehead atoms. The lowest BCUT2D eigenvalue weighted by molar-refractivity contribution is 0.477. The highest BCUT2D eigenvalue weighted by atomic mass is 16.3. The van der Waals surface area contributed by atoms with Crippen molar-refractivity contribution < 1.29 is 20.4 Å². The first-order valence-electron chi connectivity index (χ1n) is 27.4. The van der Waals surface area contributed by atoms with Gasteiger partial charge >= 0.3 is 0 Å². The van der Waals surface area contributed by atoms with E-state index in [4.69, 9.17) is 0 Å². The Morgan fingerprint density at radius 2 is 0.524 bits per heavy atom. The number of hydrogen-bond acceptors (Lipinski definition) is 4. The Morgan fingerprint density at radius 1 is 0.159 bits per heavy atom. The van der Waals surface area contributed by atoms with E-state index >= 15 is 0 Å². The molecule has 82 heavy (non-hydrogen) atoms. The van der Waals surface area contributed by atoms with Crippen molar-refractivity contribution in [3.8, 4) is 78.6 Å². The number of phenols is 4. The quantitative estimate of drug-likeness (QED) is 0.130. The summed E-state index contributed by atoms with van der Waals surface area (Å²) in [5.41, 5.74) is 9.59. The molecule has 15 rings (SSSR count). The van der Waals surface area contributed by atoms with Crippen LogP contribution in [0.2, 0.25) is 0 Å². The summed E-state index contributed by atoms with van der Waals surface area (Å²) >= 11 is 0. The summed E-state index contributed by atoms with van der Waals surface area (Å²) in [4.78, 5) is 0. The van der Waals surface area contributed by atoms with Crippen LogP contribution in [0.25, 0.3) is 120 Å². The van der Waals surface area contributed by atoms with E-state index in [0.29, 0.717) is 23.0 Å². The van der Waals surface area contributed by atoms with E-state index in [-0.39, 0.29) is 0 Å². The smallest absolute Gasteiger partial charge is 0.131 e. The van der Waals surface area contributed by atoms with Gasteiger partial charge in [0.15, 0.2) is 0 Å². The van der Waals surface area contributed by atoms with E-state index < -0.39 is 0 Å². The van der Waals surface area contributed by atoms with Crippen molar-refractivity contribution >= 4 is 64.6 Å². The molecule has 4 N–H and O–H groups in total. The maximum atomic E-state index is 11.2. The summed E-state index contributed by atoms with van der Waals surface area (Å²) in [5, 5.41) is 55.3. The lowest BCUT2D eigenvalue weighted by atomic mass is 9.92. The maximum absolute atomic E-state index is 11.2. The summed E-state index contributed by atoms with van der Waals surface area (Å²) in [6, 6.07) is 105. The fourth-order valence-electron chi connectivity index (χ4n) is 11.0. The third-order valence-electron chi connectivity index (χ3n) is 15.1. The molecule has 0 heterocycles. The zero-order chi connectivity index (χ0) is 55.8. The lowest BCUT2D eigenvalue weighted by Gasteiger charge is -2.14. The van der Waals surface area contributed by atoms with Crippen molar-refractivity contribution in [2.24, 2.45) is 0 Å². The van der Waals surface area contributed by atoms with Crippen LogP contribution in [0.15, 0.2) is 315 Å². The van der Waals surface area contributed by atoms with Gasteiger partial charge in [0, 0.05) is 33.2 Å². The van der Waals surface area contributed by atoms with Gasteiger partial charge in [-0.15, -0.1) is 0 Å². The second kappa shape index (κ2) is 23.6. The van der Waals surface area contributed by atoms with Crippen molar-refractivity contribution in [3.63, 3.8) is 0 Å². The molecule has 15 aromatic rings. The van der Waals surface area contributed by atoms with E-state index in [1.54, 1.807) is 12.1 Å². The van der Waals surface area contributed by atoms with Gasteiger partial charge in [0.25, 0.3) is 0 Å². The molecule has 0 fully saturated rings. The summed E-state index contributed by atoms with van der Waals surface area (Å²) < 4.78 is 0. The average Bonchev–Trinajstić information content (AvgIpc) is 3.65. The van der Waals surface area contributed by atoms with Crippen molar-refractivity contribution in [3.05, 3.63) is 315 Å². The molecule has 4 nitrogen and oxygen atoms in total. The molecule has 15 aromatic carbocycles. The second-order valence-corrected chi connectivity index (χ2v) is 20.1. The second-order valence-electron chi connectivity index (χ2n) is 20.1. The SMILES string of the molecule is Oc1c(-c2cccc3ccccc23)cccc1-c1cccc2ccccc12.Oc1c(-c2ccccc2)ccc2cc3ccccc3cc12.Oc1ccccc1-c1ccc2ccccc2c1.Oc1ccccc1-c1cccc2ccccc12. The van der Waals surface area contributed by atoms with Gasteiger partial charge < -0.3 is 20.4 Å². The first kappa shape index (κ1) is 51.8. The third-order valence-corrected chi connectivity index (χ3v) is 15.1. The molecule has 0 aliphatic heterocycles. The number of para-hydroxylation sites is 3. The molecule has 0 aromatic heterocycles. The van der Waals surface area contributed by atoms with Gasteiger partial charge in [-0.05, 0) is 117 Å². The number of rotatable bonds is 5. The van der Waals surface area contributed by atoms with E-state index in [1.807, 2.05) is 182 Å². The van der Waals surface area contributed by atoms with Gasteiger partial charge in [-0.25, -0.2) is 0 Å². The molecule has 0 amide bonds. The molecule has 0 unspecified atom stereocenters. The monoisotopic (exact) mass is 1060 g/mol. The molecule has 0 aliphatic rings. The van der Waals surface area contributed by atoms with Crippen LogP contribution < -0.4 is 0 Å². The van der Waals surface area contributed by atoms with Gasteiger partial charge in [0.1, 0.15) is 23.0 Å². The van der Waals surface area contributed by atoms with E-state index in [0.717, 1.165) is 88.0 Å². The van der Waals surface area contributed by atoms with E-state index in [2.05, 4.69) is 121 Å². The highest BCUT2D eigenvalue weighted by molar-refractivity contribution is 6.05. The minimum atomic E-state index is 0.322. The van der Waals surface area contributed by atoms with Gasteiger partial charge in [-0.2, -0.15) is 0 Å². The molecule has 0 aliphatic carbocycles. The first-order chi connectivity index (χ1) is 40.4. The Morgan fingerprint density at radius 3 is 1.06 bits per heavy atom. The summed E-state index contributed by atoms with van der Waals surface area (Å²) in [6.45, 7) is 0. The zero-order valence-electron chi connectivity index (χ0n) is 44.8. The molecule has 0 saturated heterocycles. The molecule has 0 atom stereocenters. The fraction of sp³-hybridized carbons (Fsp3) is 0. The van der Waals surface area contributed by atoms with E-state index in [1.165, 1.54) is 32.3 Å². The largest absolute Gasteiger partial charge is 0.507 e. The molecule has 392 valence electrons. The third kappa shape index (κ3) is 10.8.